The van der Waals surface area contributed by atoms with Gasteiger partial charge >= 0.3 is 6.36 Å². The molecule has 0 bridgehead atoms. The lowest BCUT2D eigenvalue weighted by molar-refractivity contribution is -0.274. The van der Waals surface area contributed by atoms with E-state index in [0.29, 0.717) is 0 Å². The number of halogens is 4. The molecule has 0 N–H and O–H groups in total. The van der Waals surface area contributed by atoms with Crippen molar-refractivity contribution < 1.29 is 22.3 Å². The molecule has 4 rings (SSSR count). The number of rotatable bonds is 4. The molecule has 0 spiro atoms. The normalized spacial score (nSPS) is 11.5. The first-order valence-corrected chi connectivity index (χ1v) is 8.57. The molecule has 0 amide bonds. The van der Waals surface area contributed by atoms with Crippen LogP contribution >= 0.6 is 0 Å². The first kappa shape index (κ1) is 19.4. The monoisotopic (exact) mass is 416 g/mol. The predicted octanol–water partition coefficient (Wildman–Crippen LogP) is 4.12. The van der Waals surface area contributed by atoms with Gasteiger partial charge in [0, 0.05) is 18.3 Å². The molecule has 10 heteroatoms. The Balaban J connectivity index is 1.79. The number of nitrogens with zero attached hydrogens (tertiary/aromatic N) is 4. The van der Waals surface area contributed by atoms with Gasteiger partial charge in [-0.3, -0.25) is 4.79 Å². The number of ether oxygens (including phenoxy) is 1. The fourth-order valence-corrected chi connectivity index (χ4v) is 2.85. The van der Waals surface area contributed by atoms with E-state index in [1.807, 2.05) is 0 Å². The van der Waals surface area contributed by atoms with Crippen molar-refractivity contribution in [2.45, 2.75) is 6.36 Å². The maximum Gasteiger partial charge on any atom is 0.573 e. The summed E-state index contributed by atoms with van der Waals surface area (Å²) in [5.41, 5.74) is 0.0548. The second kappa shape index (κ2) is 7.47. The van der Waals surface area contributed by atoms with Crippen LogP contribution in [0.15, 0.2) is 77.9 Å². The third-order valence-corrected chi connectivity index (χ3v) is 4.09. The molecule has 2 aromatic heterocycles. The van der Waals surface area contributed by atoms with Gasteiger partial charge in [0.05, 0.1) is 17.6 Å². The minimum Gasteiger partial charge on any atom is -0.406 e. The van der Waals surface area contributed by atoms with Crippen LogP contribution in [0.1, 0.15) is 0 Å². The molecule has 6 nitrogen and oxygen atoms in total. The van der Waals surface area contributed by atoms with Crippen molar-refractivity contribution in [1.29, 1.82) is 0 Å². The van der Waals surface area contributed by atoms with Crippen LogP contribution < -0.4 is 10.2 Å². The van der Waals surface area contributed by atoms with Gasteiger partial charge in [-0.05, 0) is 30.3 Å². The van der Waals surface area contributed by atoms with Crippen LogP contribution in [0.5, 0.6) is 5.75 Å². The van der Waals surface area contributed by atoms with Crippen LogP contribution in [0, 0.1) is 5.82 Å². The summed E-state index contributed by atoms with van der Waals surface area (Å²) in [6, 6.07) is 13.7. The summed E-state index contributed by atoms with van der Waals surface area (Å²) in [7, 11) is 0. The highest BCUT2D eigenvalue weighted by molar-refractivity contribution is 5.57. The third-order valence-electron chi connectivity index (χ3n) is 4.09. The Morgan fingerprint density at radius 2 is 1.77 bits per heavy atom. The Morgan fingerprint density at radius 3 is 2.53 bits per heavy atom. The minimum atomic E-state index is -4.84. The molecule has 4 aromatic rings. The van der Waals surface area contributed by atoms with Gasteiger partial charge in [-0.2, -0.15) is 10.2 Å². The topological polar surface area (TPSA) is 61.9 Å². The minimum absolute atomic E-state index is 0.0552. The van der Waals surface area contributed by atoms with E-state index in [1.54, 1.807) is 6.07 Å². The summed E-state index contributed by atoms with van der Waals surface area (Å²) in [6.07, 6.45) is -2.15. The van der Waals surface area contributed by atoms with Gasteiger partial charge in [0.15, 0.2) is 5.69 Å². The number of hydrogen-bond acceptors (Lipinski definition) is 4. The fraction of sp³-hybridized carbons (Fsp3) is 0.0500. The van der Waals surface area contributed by atoms with Crippen LogP contribution in [0.25, 0.3) is 22.8 Å². The van der Waals surface area contributed by atoms with Crippen molar-refractivity contribution >= 4 is 0 Å². The van der Waals surface area contributed by atoms with E-state index < -0.39 is 23.4 Å². The van der Waals surface area contributed by atoms with Crippen molar-refractivity contribution in [3.8, 4) is 28.5 Å². The van der Waals surface area contributed by atoms with Crippen molar-refractivity contribution in [3.63, 3.8) is 0 Å². The number of hydrogen-bond donors (Lipinski definition) is 0. The van der Waals surface area contributed by atoms with E-state index >= 15 is 0 Å². The standard InChI is InChI=1S/C20H12F4N4O2/c21-15-6-1-2-7-16(15)28-17(8-10-25-28)19-18(29)9-11-27(26-19)13-4-3-5-14(12-13)30-20(22,23)24/h1-12H. The number of aromatic nitrogens is 4. The highest BCUT2D eigenvalue weighted by Crippen LogP contribution is 2.25. The van der Waals surface area contributed by atoms with Crippen LogP contribution in [0.2, 0.25) is 0 Å². The lowest BCUT2D eigenvalue weighted by atomic mass is 10.2. The van der Waals surface area contributed by atoms with Crippen molar-refractivity contribution in [2.75, 3.05) is 0 Å². The van der Waals surface area contributed by atoms with Gasteiger partial charge in [0.1, 0.15) is 17.3 Å². The van der Waals surface area contributed by atoms with E-state index in [0.717, 1.165) is 12.1 Å². The van der Waals surface area contributed by atoms with E-state index in [1.165, 1.54) is 64.2 Å². The van der Waals surface area contributed by atoms with Crippen molar-refractivity contribution in [1.82, 2.24) is 19.6 Å². The molecule has 0 radical (unpaired) electrons. The largest absolute Gasteiger partial charge is 0.573 e. The van der Waals surface area contributed by atoms with Crippen molar-refractivity contribution in [2.24, 2.45) is 0 Å². The summed E-state index contributed by atoms with van der Waals surface area (Å²) in [5.74, 6) is -0.978. The fourth-order valence-electron chi connectivity index (χ4n) is 2.85. The van der Waals surface area contributed by atoms with E-state index in [2.05, 4.69) is 14.9 Å². The van der Waals surface area contributed by atoms with Gasteiger partial charge in [-0.1, -0.05) is 18.2 Å². The Hall–Kier alpha value is -3.95. The highest BCUT2D eigenvalue weighted by atomic mass is 19.4. The quantitative estimate of drug-likeness (QED) is 0.470. The summed E-state index contributed by atoms with van der Waals surface area (Å²) < 4.78 is 58.0. The summed E-state index contributed by atoms with van der Waals surface area (Å²) >= 11 is 0. The van der Waals surface area contributed by atoms with E-state index in [4.69, 9.17) is 0 Å². The molecule has 2 heterocycles. The number of alkyl halides is 3. The predicted molar refractivity (Wildman–Crippen MR) is 99.0 cm³/mol. The Kier molecular flexibility index (Phi) is 4.82. The zero-order valence-corrected chi connectivity index (χ0v) is 15.0. The van der Waals surface area contributed by atoms with Crippen LogP contribution in [-0.2, 0) is 0 Å². The summed E-state index contributed by atoms with van der Waals surface area (Å²) in [6.45, 7) is 0. The molecule has 0 aliphatic rings. The maximum absolute atomic E-state index is 14.2. The molecule has 0 atom stereocenters. The van der Waals surface area contributed by atoms with E-state index in [9.17, 15) is 22.4 Å². The smallest absolute Gasteiger partial charge is 0.406 e. The zero-order valence-electron chi connectivity index (χ0n) is 15.0. The molecule has 0 unspecified atom stereocenters. The highest BCUT2D eigenvalue weighted by Gasteiger charge is 2.31. The van der Waals surface area contributed by atoms with Gasteiger partial charge < -0.3 is 4.74 Å². The first-order chi connectivity index (χ1) is 14.3. The Morgan fingerprint density at radius 1 is 0.967 bits per heavy atom. The van der Waals surface area contributed by atoms with E-state index in [-0.39, 0.29) is 22.8 Å². The lowest BCUT2D eigenvalue weighted by Gasteiger charge is -2.12. The third kappa shape index (κ3) is 3.93. The van der Waals surface area contributed by atoms with Crippen LogP contribution in [-0.4, -0.2) is 25.9 Å². The Bertz CT molecular complexity index is 1260. The SMILES string of the molecule is O=c1ccn(-c2cccc(OC(F)(F)F)c2)nc1-c1ccnn1-c1ccccc1F. The second-order valence-corrected chi connectivity index (χ2v) is 6.10. The van der Waals surface area contributed by atoms with Gasteiger partial charge in [0.2, 0.25) is 5.43 Å². The molecule has 30 heavy (non-hydrogen) atoms. The molecule has 0 aliphatic heterocycles. The zero-order chi connectivity index (χ0) is 21.3. The second-order valence-electron chi connectivity index (χ2n) is 6.10. The molecule has 0 fully saturated rings. The van der Waals surface area contributed by atoms with Crippen LogP contribution in [0.4, 0.5) is 17.6 Å². The van der Waals surface area contributed by atoms with Crippen LogP contribution in [0.3, 0.4) is 0 Å². The average molecular weight is 416 g/mol. The molecular formula is C20H12F4N4O2. The molecule has 2 aromatic carbocycles. The lowest BCUT2D eigenvalue weighted by Crippen LogP contribution is -2.17. The van der Waals surface area contributed by atoms with Gasteiger partial charge in [-0.15, -0.1) is 13.2 Å². The molecular weight excluding hydrogens is 404 g/mol. The maximum atomic E-state index is 14.2. The van der Waals surface area contributed by atoms with Gasteiger partial charge in [0.25, 0.3) is 0 Å². The molecule has 0 aliphatic carbocycles. The average Bonchev–Trinajstić information content (AvgIpc) is 3.17. The van der Waals surface area contributed by atoms with Crippen molar-refractivity contribution in [3.05, 3.63) is 89.1 Å². The van der Waals surface area contributed by atoms with Gasteiger partial charge in [-0.25, -0.2) is 13.8 Å². The number of para-hydroxylation sites is 1. The number of benzene rings is 2. The molecule has 0 saturated heterocycles. The Labute approximate surface area is 166 Å². The summed E-state index contributed by atoms with van der Waals surface area (Å²) in [4.78, 5) is 12.4. The summed E-state index contributed by atoms with van der Waals surface area (Å²) in [5, 5.41) is 8.29. The molecule has 152 valence electrons. The first-order valence-electron chi connectivity index (χ1n) is 8.57. The molecule has 0 saturated carbocycles.